The SMILES string of the molecule is CCc1c(C(=O)NCC2CCOC2)cnn1-c1cccc(Cl)c1. The summed E-state index contributed by atoms with van der Waals surface area (Å²) in [7, 11) is 0. The maximum absolute atomic E-state index is 12.5. The molecule has 1 amide bonds. The van der Waals surface area contributed by atoms with E-state index < -0.39 is 0 Å². The summed E-state index contributed by atoms with van der Waals surface area (Å²) in [5.74, 6) is 0.328. The van der Waals surface area contributed by atoms with E-state index in [4.69, 9.17) is 16.3 Å². The summed E-state index contributed by atoms with van der Waals surface area (Å²) >= 11 is 6.05. The average molecular weight is 334 g/mol. The Kier molecular flexibility index (Phi) is 4.98. The lowest BCUT2D eigenvalue weighted by Gasteiger charge is -2.11. The minimum absolute atomic E-state index is 0.0815. The molecule has 3 rings (SSSR count). The zero-order chi connectivity index (χ0) is 16.2. The molecule has 0 aliphatic carbocycles. The summed E-state index contributed by atoms with van der Waals surface area (Å²) in [5.41, 5.74) is 2.36. The molecule has 0 radical (unpaired) electrons. The quantitative estimate of drug-likeness (QED) is 0.915. The van der Waals surface area contributed by atoms with Crippen molar-refractivity contribution in [2.24, 2.45) is 5.92 Å². The van der Waals surface area contributed by atoms with Crippen LogP contribution in [0.1, 0.15) is 29.4 Å². The second-order valence-electron chi connectivity index (χ2n) is 5.69. The molecule has 2 heterocycles. The predicted octanol–water partition coefficient (Wildman–Crippen LogP) is 2.85. The zero-order valence-electron chi connectivity index (χ0n) is 13.1. The minimum atomic E-state index is -0.0815. The number of hydrogen-bond donors (Lipinski definition) is 1. The fourth-order valence-corrected chi connectivity index (χ4v) is 3.00. The summed E-state index contributed by atoms with van der Waals surface area (Å²) in [6.45, 7) is 4.17. The largest absolute Gasteiger partial charge is 0.381 e. The zero-order valence-corrected chi connectivity index (χ0v) is 13.8. The van der Waals surface area contributed by atoms with Gasteiger partial charge in [-0.2, -0.15) is 5.10 Å². The smallest absolute Gasteiger partial charge is 0.254 e. The van der Waals surface area contributed by atoms with Crippen LogP contribution in [-0.4, -0.2) is 35.4 Å². The third-order valence-electron chi connectivity index (χ3n) is 4.08. The monoisotopic (exact) mass is 333 g/mol. The minimum Gasteiger partial charge on any atom is -0.381 e. The number of nitrogens with one attached hydrogen (secondary N) is 1. The van der Waals surface area contributed by atoms with Crippen LogP contribution < -0.4 is 5.32 Å². The highest BCUT2D eigenvalue weighted by Crippen LogP contribution is 2.19. The van der Waals surface area contributed by atoms with Gasteiger partial charge in [0.25, 0.3) is 5.91 Å². The molecule has 1 aromatic carbocycles. The molecular formula is C17H20ClN3O2. The third kappa shape index (κ3) is 3.57. The molecule has 6 heteroatoms. The predicted molar refractivity (Wildman–Crippen MR) is 89.2 cm³/mol. The molecule has 0 spiro atoms. The topological polar surface area (TPSA) is 56.1 Å². The van der Waals surface area contributed by atoms with E-state index >= 15 is 0 Å². The number of carbonyl (C=O) groups excluding carboxylic acids is 1. The van der Waals surface area contributed by atoms with Crippen molar-refractivity contribution in [1.29, 1.82) is 0 Å². The van der Waals surface area contributed by atoms with Crippen molar-refractivity contribution in [2.75, 3.05) is 19.8 Å². The molecule has 1 saturated heterocycles. The lowest BCUT2D eigenvalue weighted by molar-refractivity contribution is 0.0944. The van der Waals surface area contributed by atoms with E-state index in [1.807, 2.05) is 31.2 Å². The fourth-order valence-electron chi connectivity index (χ4n) is 2.81. The van der Waals surface area contributed by atoms with E-state index in [0.29, 0.717) is 29.5 Å². The van der Waals surface area contributed by atoms with Gasteiger partial charge in [0.05, 0.1) is 29.7 Å². The van der Waals surface area contributed by atoms with Gasteiger partial charge in [0.2, 0.25) is 0 Å². The highest BCUT2D eigenvalue weighted by atomic mass is 35.5. The molecule has 23 heavy (non-hydrogen) atoms. The van der Waals surface area contributed by atoms with Gasteiger partial charge in [-0.1, -0.05) is 24.6 Å². The first-order valence-electron chi connectivity index (χ1n) is 7.87. The Hall–Kier alpha value is -1.85. The Bertz CT molecular complexity index is 693. The van der Waals surface area contributed by atoms with Crippen molar-refractivity contribution in [3.63, 3.8) is 0 Å². The number of benzene rings is 1. The van der Waals surface area contributed by atoms with Crippen LogP contribution in [0.4, 0.5) is 0 Å². The summed E-state index contributed by atoms with van der Waals surface area (Å²) in [4.78, 5) is 12.5. The van der Waals surface area contributed by atoms with Gasteiger partial charge >= 0.3 is 0 Å². The Labute approximate surface area is 140 Å². The second-order valence-corrected chi connectivity index (χ2v) is 6.13. The van der Waals surface area contributed by atoms with Crippen molar-refractivity contribution in [3.05, 3.63) is 46.7 Å². The number of rotatable bonds is 5. The van der Waals surface area contributed by atoms with Crippen LogP contribution in [0.25, 0.3) is 5.69 Å². The van der Waals surface area contributed by atoms with Gasteiger partial charge in [0.1, 0.15) is 0 Å². The van der Waals surface area contributed by atoms with Crippen molar-refractivity contribution in [1.82, 2.24) is 15.1 Å². The van der Waals surface area contributed by atoms with Gasteiger partial charge < -0.3 is 10.1 Å². The number of nitrogens with zero attached hydrogens (tertiary/aromatic N) is 2. The summed E-state index contributed by atoms with van der Waals surface area (Å²) in [6, 6.07) is 7.46. The van der Waals surface area contributed by atoms with Gasteiger partial charge in [-0.05, 0) is 31.0 Å². The fraction of sp³-hybridized carbons (Fsp3) is 0.412. The van der Waals surface area contributed by atoms with Crippen molar-refractivity contribution in [3.8, 4) is 5.69 Å². The van der Waals surface area contributed by atoms with Crippen LogP contribution in [0, 0.1) is 5.92 Å². The van der Waals surface area contributed by atoms with Gasteiger partial charge in [0, 0.05) is 24.1 Å². The highest BCUT2D eigenvalue weighted by molar-refractivity contribution is 6.30. The molecule has 0 bridgehead atoms. The van der Waals surface area contributed by atoms with Crippen LogP contribution in [0.5, 0.6) is 0 Å². The average Bonchev–Trinajstić information content (AvgIpc) is 3.21. The van der Waals surface area contributed by atoms with E-state index in [9.17, 15) is 4.79 Å². The molecule has 2 aromatic rings. The first-order chi connectivity index (χ1) is 11.2. The van der Waals surface area contributed by atoms with E-state index in [1.165, 1.54) is 0 Å². The molecule has 1 aliphatic heterocycles. The number of halogens is 1. The molecule has 1 unspecified atom stereocenters. The van der Waals surface area contributed by atoms with Crippen LogP contribution in [0.3, 0.4) is 0 Å². The maximum atomic E-state index is 12.5. The molecular weight excluding hydrogens is 314 g/mol. The number of ether oxygens (including phenoxy) is 1. The van der Waals surface area contributed by atoms with Crippen molar-refractivity contribution >= 4 is 17.5 Å². The molecule has 1 N–H and O–H groups in total. The Morgan fingerprint density at radius 2 is 2.39 bits per heavy atom. The molecule has 1 aromatic heterocycles. The number of amides is 1. The Balaban J connectivity index is 1.78. The van der Waals surface area contributed by atoms with Crippen molar-refractivity contribution in [2.45, 2.75) is 19.8 Å². The second kappa shape index (κ2) is 7.15. The summed E-state index contributed by atoms with van der Waals surface area (Å²) in [5, 5.41) is 8.01. The van der Waals surface area contributed by atoms with Gasteiger partial charge in [-0.15, -0.1) is 0 Å². The molecule has 1 atom stereocenters. The maximum Gasteiger partial charge on any atom is 0.254 e. The van der Waals surface area contributed by atoms with Gasteiger partial charge in [-0.3, -0.25) is 4.79 Å². The summed E-state index contributed by atoms with van der Waals surface area (Å²) < 4.78 is 7.11. The normalized spacial score (nSPS) is 17.4. The number of aromatic nitrogens is 2. The highest BCUT2D eigenvalue weighted by Gasteiger charge is 2.20. The van der Waals surface area contributed by atoms with Crippen LogP contribution in [0.15, 0.2) is 30.5 Å². The molecule has 0 saturated carbocycles. The standard InChI is InChI=1S/C17H20ClN3O2/c1-2-16-15(17(22)19-9-12-6-7-23-11-12)10-20-21(16)14-5-3-4-13(18)8-14/h3-5,8,10,12H,2,6-7,9,11H2,1H3,(H,19,22). The van der Waals surface area contributed by atoms with Crippen LogP contribution >= 0.6 is 11.6 Å². The number of carbonyl (C=O) groups is 1. The van der Waals surface area contributed by atoms with E-state index in [2.05, 4.69) is 10.4 Å². The third-order valence-corrected chi connectivity index (χ3v) is 4.31. The van der Waals surface area contributed by atoms with Gasteiger partial charge in [0.15, 0.2) is 0 Å². The Morgan fingerprint density at radius 3 is 3.09 bits per heavy atom. The van der Waals surface area contributed by atoms with Crippen LogP contribution in [-0.2, 0) is 11.2 Å². The summed E-state index contributed by atoms with van der Waals surface area (Å²) in [6.07, 6.45) is 3.34. The first-order valence-corrected chi connectivity index (χ1v) is 8.25. The van der Waals surface area contributed by atoms with Gasteiger partial charge in [-0.25, -0.2) is 4.68 Å². The van der Waals surface area contributed by atoms with E-state index in [1.54, 1.807) is 10.9 Å². The lowest BCUT2D eigenvalue weighted by atomic mass is 10.1. The van der Waals surface area contributed by atoms with Crippen molar-refractivity contribution < 1.29 is 9.53 Å². The Morgan fingerprint density at radius 1 is 1.52 bits per heavy atom. The number of hydrogen-bond acceptors (Lipinski definition) is 3. The first kappa shape index (κ1) is 16.0. The van der Waals surface area contributed by atoms with E-state index in [0.717, 1.165) is 31.0 Å². The molecule has 1 fully saturated rings. The molecule has 5 nitrogen and oxygen atoms in total. The molecule has 122 valence electrons. The van der Waals surface area contributed by atoms with E-state index in [-0.39, 0.29) is 5.91 Å². The lowest BCUT2D eigenvalue weighted by Crippen LogP contribution is -2.30. The molecule has 1 aliphatic rings. The van der Waals surface area contributed by atoms with Crippen LogP contribution in [0.2, 0.25) is 5.02 Å².